The zero-order chi connectivity index (χ0) is 15.5. The standard InChI is InChI=1S/C18H21NO3/c20-17(16-10-13-6-7-14(16)9-13)19-11-15(18(21)22)8-12-4-2-1-3-5-12/h1-7,13-16H,8-11H2,(H,19,20)(H,21,22). The number of amides is 1. The molecule has 2 bridgehead atoms. The maximum Gasteiger partial charge on any atom is 0.308 e. The first-order valence-electron chi connectivity index (χ1n) is 7.86. The van der Waals surface area contributed by atoms with Crippen LogP contribution in [-0.2, 0) is 16.0 Å². The zero-order valence-electron chi connectivity index (χ0n) is 12.4. The lowest BCUT2D eigenvalue weighted by atomic mass is 9.92. The molecule has 0 saturated heterocycles. The molecule has 0 aromatic heterocycles. The predicted octanol–water partition coefficient (Wildman–Crippen LogP) is 2.26. The number of benzene rings is 1. The van der Waals surface area contributed by atoms with E-state index in [4.69, 9.17) is 0 Å². The summed E-state index contributed by atoms with van der Waals surface area (Å²) < 4.78 is 0. The highest BCUT2D eigenvalue weighted by Gasteiger charge is 2.39. The molecule has 0 aliphatic heterocycles. The maximum absolute atomic E-state index is 12.3. The summed E-state index contributed by atoms with van der Waals surface area (Å²) in [6.45, 7) is 0.195. The summed E-state index contributed by atoms with van der Waals surface area (Å²) in [4.78, 5) is 23.7. The summed E-state index contributed by atoms with van der Waals surface area (Å²) >= 11 is 0. The molecule has 1 fully saturated rings. The van der Waals surface area contributed by atoms with E-state index in [0.29, 0.717) is 18.3 Å². The minimum absolute atomic E-state index is 0.0103. The minimum Gasteiger partial charge on any atom is -0.481 e. The quantitative estimate of drug-likeness (QED) is 0.792. The van der Waals surface area contributed by atoms with Gasteiger partial charge in [-0.25, -0.2) is 0 Å². The summed E-state index contributed by atoms with van der Waals surface area (Å²) in [6.07, 6.45) is 6.75. The van der Waals surface area contributed by atoms with E-state index in [1.54, 1.807) is 0 Å². The maximum atomic E-state index is 12.3. The predicted molar refractivity (Wildman–Crippen MR) is 83.1 cm³/mol. The normalized spacial score (nSPS) is 26.8. The van der Waals surface area contributed by atoms with E-state index >= 15 is 0 Å². The Kier molecular flexibility index (Phi) is 4.27. The molecule has 4 nitrogen and oxygen atoms in total. The summed E-state index contributed by atoms with van der Waals surface area (Å²) in [6, 6.07) is 9.53. The van der Waals surface area contributed by atoms with E-state index in [9.17, 15) is 14.7 Å². The number of allylic oxidation sites excluding steroid dienone is 2. The molecule has 4 atom stereocenters. The van der Waals surface area contributed by atoms with Crippen molar-refractivity contribution in [1.82, 2.24) is 5.32 Å². The average molecular weight is 299 g/mol. The van der Waals surface area contributed by atoms with Gasteiger partial charge in [0, 0.05) is 12.5 Å². The van der Waals surface area contributed by atoms with E-state index in [-0.39, 0.29) is 18.4 Å². The third-order valence-corrected chi connectivity index (χ3v) is 4.81. The summed E-state index contributed by atoms with van der Waals surface area (Å²) in [5.41, 5.74) is 0.979. The summed E-state index contributed by atoms with van der Waals surface area (Å²) in [5.74, 6) is -0.516. The molecule has 3 rings (SSSR count). The van der Waals surface area contributed by atoms with Gasteiger partial charge in [-0.3, -0.25) is 9.59 Å². The molecule has 1 amide bonds. The Bertz CT molecular complexity index is 581. The van der Waals surface area contributed by atoms with Crippen molar-refractivity contribution in [3.05, 3.63) is 48.0 Å². The second kappa shape index (κ2) is 6.34. The van der Waals surface area contributed by atoms with Gasteiger partial charge in [-0.05, 0) is 36.7 Å². The number of carboxylic acids is 1. The second-order valence-corrected chi connectivity index (χ2v) is 6.36. The third kappa shape index (κ3) is 3.21. The Labute approximate surface area is 130 Å². The molecule has 1 aromatic carbocycles. The molecule has 2 aliphatic carbocycles. The van der Waals surface area contributed by atoms with Crippen LogP contribution in [0.1, 0.15) is 18.4 Å². The van der Waals surface area contributed by atoms with Crippen LogP contribution in [0.15, 0.2) is 42.5 Å². The number of hydrogen-bond acceptors (Lipinski definition) is 2. The highest BCUT2D eigenvalue weighted by Crippen LogP contribution is 2.43. The molecular weight excluding hydrogens is 278 g/mol. The van der Waals surface area contributed by atoms with Gasteiger partial charge in [-0.1, -0.05) is 42.5 Å². The lowest BCUT2D eigenvalue weighted by molar-refractivity contribution is -0.141. The van der Waals surface area contributed by atoms with Crippen molar-refractivity contribution < 1.29 is 14.7 Å². The smallest absolute Gasteiger partial charge is 0.308 e. The van der Waals surface area contributed by atoms with Crippen molar-refractivity contribution in [1.29, 1.82) is 0 Å². The van der Waals surface area contributed by atoms with Crippen LogP contribution in [0.5, 0.6) is 0 Å². The number of carboxylic acid groups (broad SMARTS) is 1. The molecule has 4 heteroatoms. The van der Waals surface area contributed by atoms with Crippen LogP contribution in [0.2, 0.25) is 0 Å². The number of carbonyl (C=O) groups excluding carboxylic acids is 1. The fraction of sp³-hybridized carbons (Fsp3) is 0.444. The number of fused-ring (bicyclic) bond motifs is 2. The van der Waals surface area contributed by atoms with E-state index in [0.717, 1.165) is 18.4 Å². The van der Waals surface area contributed by atoms with Crippen LogP contribution in [0, 0.1) is 23.7 Å². The number of aliphatic carboxylic acids is 1. The van der Waals surface area contributed by atoms with Crippen molar-refractivity contribution in [3.63, 3.8) is 0 Å². The highest BCUT2D eigenvalue weighted by molar-refractivity contribution is 5.81. The molecule has 0 radical (unpaired) electrons. The number of hydrogen-bond donors (Lipinski definition) is 2. The first kappa shape index (κ1) is 14.8. The molecule has 0 heterocycles. The first-order chi connectivity index (χ1) is 10.6. The lowest BCUT2D eigenvalue weighted by Crippen LogP contribution is -2.38. The van der Waals surface area contributed by atoms with Gasteiger partial charge in [-0.15, -0.1) is 0 Å². The van der Waals surface area contributed by atoms with Gasteiger partial charge >= 0.3 is 5.97 Å². The molecule has 0 spiro atoms. The van der Waals surface area contributed by atoms with E-state index in [2.05, 4.69) is 17.5 Å². The van der Waals surface area contributed by atoms with Crippen molar-refractivity contribution in [3.8, 4) is 0 Å². The Balaban J connectivity index is 1.54. The van der Waals surface area contributed by atoms with Crippen molar-refractivity contribution in [2.24, 2.45) is 23.7 Å². The largest absolute Gasteiger partial charge is 0.481 e. The van der Waals surface area contributed by atoms with Crippen LogP contribution in [-0.4, -0.2) is 23.5 Å². The Morgan fingerprint density at radius 3 is 2.55 bits per heavy atom. The Morgan fingerprint density at radius 1 is 1.18 bits per heavy atom. The fourth-order valence-corrected chi connectivity index (χ4v) is 3.58. The summed E-state index contributed by atoms with van der Waals surface area (Å²) in [5, 5.41) is 12.2. The van der Waals surface area contributed by atoms with E-state index in [1.807, 2.05) is 30.3 Å². The lowest BCUT2D eigenvalue weighted by Gasteiger charge is -2.19. The zero-order valence-corrected chi connectivity index (χ0v) is 12.4. The second-order valence-electron chi connectivity index (χ2n) is 6.36. The van der Waals surface area contributed by atoms with Gasteiger partial charge in [-0.2, -0.15) is 0 Å². The fourth-order valence-electron chi connectivity index (χ4n) is 3.58. The van der Waals surface area contributed by atoms with Crippen molar-refractivity contribution in [2.75, 3.05) is 6.54 Å². The van der Waals surface area contributed by atoms with E-state index < -0.39 is 11.9 Å². The molecule has 4 unspecified atom stereocenters. The van der Waals surface area contributed by atoms with Gasteiger partial charge in [0.25, 0.3) is 0 Å². The Morgan fingerprint density at radius 2 is 1.95 bits per heavy atom. The topological polar surface area (TPSA) is 66.4 Å². The van der Waals surface area contributed by atoms with Crippen LogP contribution in [0.3, 0.4) is 0 Å². The van der Waals surface area contributed by atoms with Crippen LogP contribution < -0.4 is 5.32 Å². The van der Waals surface area contributed by atoms with Gasteiger partial charge in [0.15, 0.2) is 0 Å². The van der Waals surface area contributed by atoms with Crippen molar-refractivity contribution in [2.45, 2.75) is 19.3 Å². The molecular formula is C18H21NO3. The number of nitrogens with one attached hydrogen (secondary N) is 1. The molecule has 1 saturated carbocycles. The SMILES string of the molecule is O=C(O)C(CNC(=O)C1CC2C=CC1C2)Cc1ccccc1. The number of carbonyl (C=O) groups is 2. The molecule has 116 valence electrons. The van der Waals surface area contributed by atoms with Crippen LogP contribution in [0.4, 0.5) is 0 Å². The molecule has 2 aliphatic rings. The van der Waals surface area contributed by atoms with Gasteiger partial charge in [0.1, 0.15) is 0 Å². The molecule has 1 aromatic rings. The van der Waals surface area contributed by atoms with Gasteiger partial charge < -0.3 is 10.4 Å². The van der Waals surface area contributed by atoms with Crippen molar-refractivity contribution >= 4 is 11.9 Å². The number of rotatable bonds is 6. The van der Waals surface area contributed by atoms with Crippen LogP contribution in [0.25, 0.3) is 0 Å². The highest BCUT2D eigenvalue weighted by atomic mass is 16.4. The average Bonchev–Trinajstić information content (AvgIpc) is 3.14. The monoisotopic (exact) mass is 299 g/mol. The minimum atomic E-state index is -0.864. The van der Waals surface area contributed by atoms with Gasteiger partial charge in [0.2, 0.25) is 5.91 Å². The van der Waals surface area contributed by atoms with Crippen LogP contribution >= 0.6 is 0 Å². The Hall–Kier alpha value is -2.10. The third-order valence-electron chi connectivity index (χ3n) is 4.81. The van der Waals surface area contributed by atoms with E-state index in [1.165, 1.54) is 0 Å². The molecule has 22 heavy (non-hydrogen) atoms. The molecule has 2 N–H and O–H groups in total. The first-order valence-corrected chi connectivity index (χ1v) is 7.86. The van der Waals surface area contributed by atoms with Gasteiger partial charge in [0.05, 0.1) is 5.92 Å². The summed E-state index contributed by atoms with van der Waals surface area (Å²) in [7, 11) is 0.